The Labute approximate surface area is 171 Å². The molecule has 0 aromatic heterocycles. The molecule has 0 aliphatic rings. The number of halogens is 2. The maximum Gasteiger partial charge on any atom is 0.269 e. The van der Waals surface area contributed by atoms with Crippen molar-refractivity contribution in [2.45, 2.75) is 16.7 Å². The molecule has 0 heterocycles. The number of aryl methyl sites for hydroxylation is 1. The molecule has 0 saturated carbocycles. The number of rotatable bonds is 5. The van der Waals surface area contributed by atoms with E-state index in [0.29, 0.717) is 20.5 Å². The van der Waals surface area contributed by atoms with Crippen molar-refractivity contribution >= 4 is 56.6 Å². The van der Waals surface area contributed by atoms with Crippen LogP contribution in [0.1, 0.15) is 15.9 Å². The van der Waals surface area contributed by atoms with Gasteiger partial charge in [-0.1, -0.05) is 29.3 Å². The molecule has 0 aliphatic heterocycles. The van der Waals surface area contributed by atoms with Crippen molar-refractivity contribution in [2.24, 2.45) is 0 Å². The molecule has 2 aromatic rings. The Hall–Kier alpha value is -1.74. The molecule has 2 rings (SSSR count). The highest BCUT2D eigenvalue weighted by Gasteiger charge is 2.15. The molecule has 0 fully saturated rings. The lowest BCUT2D eigenvalue weighted by Gasteiger charge is -2.10. The quantitative estimate of drug-likeness (QED) is 0.542. The van der Waals surface area contributed by atoms with E-state index in [4.69, 9.17) is 23.2 Å². The summed E-state index contributed by atoms with van der Waals surface area (Å²) in [5, 5.41) is 0.964. The molecule has 144 valence electrons. The Balaban J connectivity index is 1.97. The average Bonchev–Trinajstić information content (AvgIpc) is 2.59. The number of hydrogen-bond acceptors (Lipinski definition) is 5. The molecule has 10 heteroatoms. The highest BCUT2D eigenvalue weighted by molar-refractivity contribution is 8.00. The van der Waals surface area contributed by atoms with Crippen molar-refractivity contribution in [1.82, 2.24) is 10.9 Å². The van der Waals surface area contributed by atoms with Gasteiger partial charge >= 0.3 is 0 Å². The highest BCUT2D eigenvalue weighted by atomic mass is 35.5. The maximum absolute atomic E-state index is 12.3. The summed E-state index contributed by atoms with van der Waals surface area (Å²) in [6.45, 7) is 1.67. The van der Waals surface area contributed by atoms with Gasteiger partial charge in [-0.15, -0.1) is 11.8 Å². The van der Waals surface area contributed by atoms with Crippen LogP contribution in [0.4, 0.5) is 0 Å². The second kappa shape index (κ2) is 8.97. The van der Waals surface area contributed by atoms with E-state index >= 15 is 0 Å². The van der Waals surface area contributed by atoms with Gasteiger partial charge in [0.25, 0.3) is 5.91 Å². The van der Waals surface area contributed by atoms with Gasteiger partial charge in [0.1, 0.15) is 0 Å². The first-order valence-corrected chi connectivity index (χ1v) is 11.2. The summed E-state index contributed by atoms with van der Waals surface area (Å²) in [5.41, 5.74) is 5.29. The van der Waals surface area contributed by atoms with Crippen LogP contribution in [-0.2, 0) is 14.6 Å². The predicted molar refractivity (Wildman–Crippen MR) is 107 cm³/mol. The first-order chi connectivity index (χ1) is 12.6. The first kappa shape index (κ1) is 21.6. The van der Waals surface area contributed by atoms with Crippen LogP contribution in [0.15, 0.2) is 46.2 Å². The minimum Gasteiger partial charge on any atom is -0.272 e. The average molecular weight is 447 g/mol. The van der Waals surface area contributed by atoms with Crippen molar-refractivity contribution in [2.75, 3.05) is 12.0 Å². The molecule has 0 atom stereocenters. The van der Waals surface area contributed by atoms with Gasteiger partial charge < -0.3 is 0 Å². The van der Waals surface area contributed by atoms with E-state index in [1.807, 2.05) is 0 Å². The Bertz CT molecular complexity index is 994. The third-order valence-electron chi connectivity index (χ3n) is 3.45. The lowest BCUT2D eigenvalue weighted by molar-refractivity contribution is -0.119. The van der Waals surface area contributed by atoms with Gasteiger partial charge in [0, 0.05) is 21.7 Å². The number of hydrogen-bond donors (Lipinski definition) is 2. The van der Waals surface area contributed by atoms with Crippen LogP contribution in [0.5, 0.6) is 0 Å². The number of thioether (sulfide) groups is 1. The summed E-state index contributed by atoms with van der Waals surface area (Å²) in [7, 11) is -3.45. The van der Waals surface area contributed by atoms with Crippen molar-refractivity contribution in [3.05, 3.63) is 57.6 Å². The molecule has 2 aromatic carbocycles. The zero-order chi connectivity index (χ0) is 20.2. The monoisotopic (exact) mass is 446 g/mol. The number of nitrogens with one attached hydrogen (secondary N) is 2. The first-order valence-electron chi connectivity index (χ1n) is 7.55. The predicted octanol–water partition coefficient (Wildman–Crippen LogP) is 3.26. The zero-order valence-electron chi connectivity index (χ0n) is 14.4. The number of sulfone groups is 1. The van der Waals surface area contributed by atoms with E-state index in [1.54, 1.807) is 25.1 Å². The lowest BCUT2D eigenvalue weighted by Crippen LogP contribution is -2.42. The Morgan fingerprint density at radius 2 is 1.78 bits per heavy atom. The van der Waals surface area contributed by atoms with E-state index in [2.05, 4.69) is 10.9 Å². The number of benzene rings is 2. The summed E-state index contributed by atoms with van der Waals surface area (Å²) < 4.78 is 23.3. The highest BCUT2D eigenvalue weighted by Crippen LogP contribution is 2.29. The van der Waals surface area contributed by atoms with Crippen molar-refractivity contribution in [1.29, 1.82) is 0 Å². The SMILES string of the molecule is Cc1ccc(S(C)(=O)=O)cc1C(=O)NNC(=O)CSc1cc(Cl)ccc1Cl. The summed E-state index contributed by atoms with van der Waals surface area (Å²) >= 11 is 13.1. The third kappa shape index (κ3) is 6.14. The molecule has 0 bridgehead atoms. The van der Waals surface area contributed by atoms with Crippen LogP contribution >= 0.6 is 35.0 Å². The Morgan fingerprint density at radius 3 is 2.44 bits per heavy atom. The molecule has 2 amide bonds. The zero-order valence-corrected chi connectivity index (χ0v) is 17.5. The summed E-state index contributed by atoms with van der Waals surface area (Å²) in [6, 6.07) is 9.13. The van der Waals surface area contributed by atoms with Gasteiger partial charge in [0.15, 0.2) is 9.84 Å². The lowest BCUT2D eigenvalue weighted by atomic mass is 10.1. The number of hydrazine groups is 1. The van der Waals surface area contributed by atoms with Gasteiger partial charge in [0.2, 0.25) is 5.91 Å². The van der Waals surface area contributed by atoms with E-state index in [1.165, 1.54) is 30.0 Å². The van der Waals surface area contributed by atoms with Crippen LogP contribution in [0.25, 0.3) is 0 Å². The topological polar surface area (TPSA) is 92.3 Å². The van der Waals surface area contributed by atoms with E-state index < -0.39 is 21.7 Å². The second-order valence-corrected chi connectivity index (χ2v) is 9.49. The van der Waals surface area contributed by atoms with Crippen LogP contribution < -0.4 is 10.9 Å². The molecule has 0 saturated heterocycles. The van der Waals surface area contributed by atoms with Gasteiger partial charge in [-0.05, 0) is 42.8 Å². The number of carbonyl (C=O) groups excluding carboxylic acids is 2. The minimum atomic E-state index is -3.45. The largest absolute Gasteiger partial charge is 0.272 e. The number of carbonyl (C=O) groups is 2. The van der Waals surface area contributed by atoms with Gasteiger partial charge in [-0.3, -0.25) is 20.4 Å². The van der Waals surface area contributed by atoms with Crippen molar-refractivity contribution < 1.29 is 18.0 Å². The smallest absolute Gasteiger partial charge is 0.269 e. The van der Waals surface area contributed by atoms with E-state index in [9.17, 15) is 18.0 Å². The van der Waals surface area contributed by atoms with Crippen LogP contribution in [0, 0.1) is 6.92 Å². The van der Waals surface area contributed by atoms with E-state index in [0.717, 1.165) is 6.26 Å². The molecule has 0 unspecified atom stereocenters. The van der Waals surface area contributed by atoms with Crippen LogP contribution in [-0.4, -0.2) is 32.2 Å². The Morgan fingerprint density at radius 1 is 1.07 bits per heavy atom. The van der Waals surface area contributed by atoms with Gasteiger partial charge in [-0.25, -0.2) is 8.42 Å². The standard InChI is InChI=1S/C17H16Cl2N2O4S2/c1-10-3-5-12(27(2,24)25)8-13(10)17(23)21-20-16(22)9-26-15-7-11(18)4-6-14(15)19/h3-8H,9H2,1-2H3,(H,20,22)(H,21,23). The summed E-state index contributed by atoms with van der Waals surface area (Å²) in [5.74, 6) is -1.07. The fourth-order valence-electron chi connectivity index (χ4n) is 2.04. The molecule has 2 N–H and O–H groups in total. The minimum absolute atomic E-state index is 0.00268. The fourth-order valence-corrected chi connectivity index (χ4v) is 3.98. The van der Waals surface area contributed by atoms with Crippen molar-refractivity contribution in [3.63, 3.8) is 0 Å². The Kier molecular flexibility index (Phi) is 7.16. The molecule has 0 aliphatic carbocycles. The van der Waals surface area contributed by atoms with Crippen molar-refractivity contribution in [3.8, 4) is 0 Å². The molecule has 0 spiro atoms. The summed E-state index contributed by atoms with van der Waals surface area (Å²) in [4.78, 5) is 24.9. The summed E-state index contributed by atoms with van der Waals surface area (Å²) in [6.07, 6.45) is 1.05. The third-order valence-corrected chi connectivity index (χ3v) is 6.29. The molecule has 27 heavy (non-hydrogen) atoms. The molecule has 6 nitrogen and oxygen atoms in total. The maximum atomic E-state index is 12.3. The fraction of sp³-hybridized carbons (Fsp3) is 0.176. The molecular weight excluding hydrogens is 431 g/mol. The normalized spacial score (nSPS) is 11.1. The molecule has 0 radical (unpaired) electrons. The second-order valence-electron chi connectivity index (χ2n) is 5.61. The van der Waals surface area contributed by atoms with Crippen LogP contribution in [0.3, 0.4) is 0 Å². The van der Waals surface area contributed by atoms with Crippen LogP contribution in [0.2, 0.25) is 10.0 Å². The van der Waals surface area contributed by atoms with Gasteiger partial charge in [0.05, 0.1) is 15.7 Å². The molecular formula is C17H16Cl2N2O4S2. The van der Waals surface area contributed by atoms with E-state index in [-0.39, 0.29) is 16.2 Å². The van der Waals surface area contributed by atoms with Gasteiger partial charge in [-0.2, -0.15) is 0 Å². The number of amides is 2.